The second-order valence-corrected chi connectivity index (χ2v) is 7.97. The monoisotopic (exact) mass is 380 g/mol. The lowest BCUT2D eigenvalue weighted by atomic mass is 9.81. The zero-order valence-corrected chi connectivity index (χ0v) is 16.1. The van der Waals surface area contributed by atoms with E-state index in [0.29, 0.717) is 12.2 Å². The molecule has 146 valence electrons. The number of rotatable bonds is 4. The van der Waals surface area contributed by atoms with Gasteiger partial charge in [-0.15, -0.1) is 0 Å². The first kappa shape index (κ1) is 18.7. The van der Waals surface area contributed by atoms with Crippen LogP contribution in [0.15, 0.2) is 48.5 Å². The van der Waals surface area contributed by atoms with Crippen LogP contribution in [0.5, 0.6) is 0 Å². The third kappa shape index (κ3) is 3.30. The number of fused-ring (bicyclic) bond motifs is 2. The first-order valence-electron chi connectivity index (χ1n) is 9.92. The normalized spacial score (nSPS) is 18.1. The van der Waals surface area contributed by atoms with Gasteiger partial charge in [-0.25, -0.2) is 4.39 Å². The minimum Gasteiger partial charge on any atom is -0.349 e. The number of hydrogen-bond acceptors (Lipinski definition) is 2. The molecule has 1 aliphatic heterocycles. The molecule has 28 heavy (non-hydrogen) atoms. The molecule has 2 aliphatic rings. The molecule has 1 aliphatic carbocycles. The van der Waals surface area contributed by atoms with Gasteiger partial charge in [-0.3, -0.25) is 9.59 Å². The molecule has 4 nitrogen and oxygen atoms in total. The molecule has 1 heterocycles. The summed E-state index contributed by atoms with van der Waals surface area (Å²) >= 11 is 0. The number of nitrogens with zero attached hydrogens (tertiary/aromatic N) is 1. The van der Waals surface area contributed by atoms with E-state index < -0.39 is 6.04 Å². The van der Waals surface area contributed by atoms with Crippen molar-refractivity contribution in [2.75, 3.05) is 11.4 Å². The lowest BCUT2D eigenvalue weighted by Gasteiger charge is -2.26. The summed E-state index contributed by atoms with van der Waals surface area (Å²) < 4.78 is 14.7. The molecular weight excluding hydrogens is 355 g/mol. The molecule has 1 saturated carbocycles. The summed E-state index contributed by atoms with van der Waals surface area (Å²) in [6, 6.07) is 14.2. The van der Waals surface area contributed by atoms with E-state index in [1.165, 1.54) is 13.0 Å². The van der Waals surface area contributed by atoms with Crippen LogP contribution in [0.4, 0.5) is 10.1 Å². The quantitative estimate of drug-likeness (QED) is 0.862. The Morgan fingerprint density at radius 3 is 2.50 bits per heavy atom. The minimum absolute atomic E-state index is 0.105. The fourth-order valence-corrected chi connectivity index (χ4v) is 4.84. The zero-order valence-electron chi connectivity index (χ0n) is 16.1. The Morgan fingerprint density at radius 2 is 1.82 bits per heavy atom. The van der Waals surface area contributed by atoms with Crippen molar-refractivity contribution in [3.8, 4) is 0 Å². The lowest BCUT2D eigenvalue weighted by Crippen LogP contribution is -2.38. The van der Waals surface area contributed by atoms with Crippen LogP contribution in [-0.2, 0) is 15.0 Å². The third-order valence-electron chi connectivity index (χ3n) is 6.11. The fraction of sp³-hybridized carbons (Fsp3) is 0.391. The second-order valence-electron chi connectivity index (χ2n) is 7.97. The van der Waals surface area contributed by atoms with Crippen molar-refractivity contribution in [1.82, 2.24) is 5.32 Å². The number of hydrogen-bond donors (Lipinski definition) is 1. The first-order valence-corrected chi connectivity index (χ1v) is 9.92. The van der Waals surface area contributed by atoms with Gasteiger partial charge in [0, 0.05) is 18.9 Å². The molecule has 0 unspecified atom stereocenters. The Hall–Kier alpha value is -2.69. The maximum atomic E-state index is 14.7. The van der Waals surface area contributed by atoms with Gasteiger partial charge in [0.2, 0.25) is 11.8 Å². The summed E-state index contributed by atoms with van der Waals surface area (Å²) in [7, 11) is 0. The Morgan fingerprint density at radius 1 is 1.11 bits per heavy atom. The van der Waals surface area contributed by atoms with Crippen LogP contribution in [0.3, 0.4) is 0 Å². The molecule has 4 rings (SSSR count). The lowest BCUT2D eigenvalue weighted by molar-refractivity contribution is -0.121. The number of carbonyl (C=O) groups excluding carboxylic acids is 2. The molecule has 0 aromatic heterocycles. The molecular formula is C23H25FN2O2. The molecule has 1 fully saturated rings. The summed E-state index contributed by atoms with van der Waals surface area (Å²) in [5, 5.41) is 2.87. The number of para-hydroxylation sites is 1. The van der Waals surface area contributed by atoms with Gasteiger partial charge in [-0.2, -0.15) is 0 Å². The number of nitrogens with one attached hydrogen (secondary N) is 1. The van der Waals surface area contributed by atoms with Crippen molar-refractivity contribution in [1.29, 1.82) is 0 Å². The van der Waals surface area contributed by atoms with Crippen molar-refractivity contribution in [2.24, 2.45) is 0 Å². The highest BCUT2D eigenvalue weighted by molar-refractivity contribution is 5.97. The molecule has 1 atom stereocenters. The van der Waals surface area contributed by atoms with Crippen molar-refractivity contribution >= 4 is 17.5 Å². The molecule has 5 heteroatoms. The van der Waals surface area contributed by atoms with Gasteiger partial charge in [-0.1, -0.05) is 55.3 Å². The van der Waals surface area contributed by atoms with E-state index in [-0.39, 0.29) is 29.5 Å². The predicted octanol–water partition coefficient (Wildman–Crippen LogP) is 4.25. The summed E-state index contributed by atoms with van der Waals surface area (Å²) in [6.45, 7) is 1.97. The van der Waals surface area contributed by atoms with Crippen molar-refractivity contribution in [3.05, 3.63) is 65.5 Å². The van der Waals surface area contributed by atoms with Crippen LogP contribution in [0.1, 0.15) is 56.2 Å². The number of benzene rings is 2. The van der Waals surface area contributed by atoms with Gasteiger partial charge in [0.15, 0.2) is 0 Å². The van der Waals surface area contributed by atoms with Crippen LogP contribution in [0.2, 0.25) is 0 Å². The van der Waals surface area contributed by atoms with Gasteiger partial charge in [-0.05, 0) is 30.0 Å². The van der Waals surface area contributed by atoms with Crippen molar-refractivity contribution in [2.45, 2.75) is 50.5 Å². The second kappa shape index (κ2) is 7.38. The zero-order chi connectivity index (χ0) is 19.7. The molecule has 1 N–H and O–H groups in total. The van der Waals surface area contributed by atoms with Crippen LogP contribution >= 0.6 is 0 Å². The van der Waals surface area contributed by atoms with Crippen LogP contribution in [0, 0.1) is 5.82 Å². The van der Waals surface area contributed by atoms with E-state index in [1.807, 2.05) is 36.4 Å². The maximum absolute atomic E-state index is 14.7. The highest BCUT2D eigenvalue weighted by Crippen LogP contribution is 2.51. The Labute approximate surface area is 164 Å². The molecule has 0 radical (unpaired) electrons. The summed E-state index contributed by atoms with van der Waals surface area (Å²) in [6.07, 6.45) is 4.29. The minimum atomic E-state index is -0.429. The van der Waals surface area contributed by atoms with E-state index in [1.54, 1.807) is 11.0 Å². The predicted molar refractivity (Wildman–Crippen MR) is 107 cm³/mol. The molecule has 0 saturated heterocycles. The number of amides is 2. The summed E-state index contributed by atoms with van der Waals surface area (Å²) in [4.78, 5) is 26.6. The number of halogens is 1. The van der Waals surface area contributed by atoms with Gasteiger partial charge in [0.1, 0.15) is 5.82 Å². The highest BCUT2D eigenvalue weighted by Gasteiger charge is 2.47. The van der Waals surface area contributed by atoms with Crippen LogP contribution in [0.25, 0.3) is 0 Å². The fourth-order valence-electron chi connectivity index (χ4n) is 4.84. The molecule has 2 aromatic carbocycles. The topological polar surface area (TPSA) is 49.4 Å². The van der Waals surface area contributed by atoms with Gasteiger partial charge in [0.25, 0.3) is 0 Å². The van der Waals surface area contributed by atoms with Gasteiger partial charge >= 0.3 is 0 Å². The summed E-state index contributed by atoms with van der Waals surface area (Å²) in [5.41, 5.74) is 2.15. The Kier molecular flexibility index (Phi) is 4.92. The Balaban J connectivity index is 1.64. The SMILES string of the molecule is CC(=O)N[C@H](CC(=O)N1CC2(CCCC2)c2cccc(F)c21)c1ccccc1. The van der Waals surface area contributed by atoms with E-state index >= 15 is 0 Å². The number of anilines is 1. The third-order valence-corrected chi connectivity index (χ3v) is 6.11. The van der Waals surface area contributed by atoms with Crippen molar-refractivity contribution in [3.63, 3.8) is 0 Å². The highest BCUT2D eigenvalue weighted by atomic mass is 19.1. The van der Waals surface area contributed by atoms with E-state index in [2.05, 4.69) is 5.32 Å². The molecule has 0 bridgehead atoms. The largest absolute Gasteiger partial charge is 0.349 e. The van der Waals surface area contributed by atoms with Gasteiger partial charge < -0.3 is 10.2 Å². The molecule has 2 amide bonds. The molecule has 2 aromatic rings. The molecule has 1 spiro atoms. The van der Waals surface area contributed by atoms with E-state index in [4.69, 9.17) is 0 Å². The van der Waals surface area contributed by atoms with E-state index in [9.17, 15) is 14.0 Å². The van der Waals surface area contributed by atoms with Crippen LogP contribution in [-0.4, -0.2) is 18.4 Å². The number of carbonyl (C=O) groups is 2. The average Bonchev–Trinajstić information content (AvgIpc) is 3.28. The smallest absolute Gasteiger partial charge is 0.229 e. The summed E-state index contributed by atoms with van der Waals surface area (Å²) in [5.74, 6) is -0.690. The average molecular weight is 380 g/mol. The standard InChI is InChI=1S/C23H25FN2O2/c1-16(27)25-20(17-8-3-2-4-9-17)14-21(28)26-15-23(12-5-6-13-23)18-10-7-11-19(24)22(18)26/h2-4,7-11,20H,5-6,12-15H2,1H3,(H,25,27)/t20-/m1/s1. The maximum Gasteiger partial charge on any atom is 0.229 e. The van der Waals surface area contributed by atoms with Gasteiger partial charge in [0.05, 0.1) is 18.2 Å². The van der Waals surface area contributed by atoms with E-state index in [0.717, 1.165) is 36.8 Å². The van der Waals surface area contributed by atoms with Crippen LogP contribution < -0.4 is 10.2 Å². The Bertz CT molecular complexity index is 891. The first-order chi connectivity index (χ1) is 13.5. The van der Waals surface area contributed by atoms with Crippen molar-refractivity contribution < 1.29 is 14.0 Å².